The van der Waals surface area contributed by atoms with Crippen LogP contribution in [0.4, 0.5) is 0 Å². The lowest BCUT2D eigenvalue weighted by molar-refractivity contribution is -0.0122. The standard InChI is InChI=1S/C25H34ClIO4/c1-17(2)29-15-21(28)16-30-22-9-6-19(7-10-22)25(4,5)20-8-11-24(23(27)12-20)31-14-18(3)13-26/h6-12,17-18,21,28H,13-16H2,1-5H3/t18-,21+/m0/s1. The molecule has 2 aromatic carbocycles. The van der Waals surface area contributed by atoms with Gasteiger partial charge in [0.25, 0.3) is 0 Å². The van der Waals surface area contributed by atoms with Gasteiger partial charge in [0.15, 0.2) is 0 Å². The number of benzene rings is 2. The molecule has 172 valence electrons. The normalized spacial score (nSPS) is 13.8. The molecule has 0 bridgehead atoms. The maximum Gasteiger partial charge on any atom is 0.132 e. The van der Waals surface area contributed by atoms with Crippen molar-refractivity contribution in [1.29, 1.82) is 0 Å². The Bertz CT molecular complexity index is 808. The van der Waals surface area contributed by atoms with Crippen LogP contribution in [0, 0.1) is 9.49 Å². The van der Waals surface area contributed by atoms with Crippen LogP contribution >= 0.6 is 34.2 Å². The van der Waals surface area contributed by atoms with Crippen LogP contribution in [0.3, 0.4) is 0 Å². The van der Waals surface area contributed by atoms with Crippen LogP contribution in [0.25, 0.3) is 0 Å². The van der Waals surface area contributed by atoms with Gasteiger partial charge in [-0.25, -0.2) is 0 Å². The molecule has 0 saturated carbocycles. The maximum atomic E-state index is 9.96. The quantitative estimate of drug-likeness (QED) is 0.254. The van der Waals surface area contributed by atoms with E-state index in [1.54, 1.807) is 0 Å². The summed E-state index contributed by atoms with van der Waals surface area (Å²) in [5, 5.41) is 9.96. The van der Waals surface area contributed by atoms with Crippen LogP contribution in [0.15, 0.2) is 42.5 Å². The average molecular weight is 561 g/mol. The Hall–Kier alpha value is -1.02. The summed E-state index contributed by atoms with van der Waals surface area (Å²) in [5.74, 6) is 2.53. The summed E-state index contributed by atoms with van der Waals surface area (Å²) in [6.07, 6.45) is -0.553. The topological polar surface area (TPSA) is 47.9 Å². The van der Waals surface area contributed by atoms with Crippen LogP contribution in [0.1, 0.15) is 45.7 Å². The summed E-state index contributed by atoms with van der Waals surface area (Å²) in [6, 6.07) is 14.4. The number of aliphatic hydroxyl groups is 1. The number of rotatable bonds is 12. The first kappa shape index (κ1) is 26.2. The number of hydrogen-bond donors (Lipinski definition) is 1. The van der Waals surface area contributed by atoms with E-state index in [-0.39, 0.29) is 24.7 Å². The summed E-state index contributed by atoms with van der Waals surface area (Å²) in [6.45, 7) is 11.5. The smallest absolute Gasteiger partial charge is 0.132 e. The first-order valence-electron chi connectivity index (χ1n) is 10.6. The SMILES string of the molecule is CC(C)OC[C@@H](O)COc1ccc(C(C)(C)c2ccc(OC[C@@H](C)CCl)c(I)c2)cc1. The van der Waals surface area contributed by atoms with E-state index in [0.717, 1.165) is 15.1 Å². The minimum atomic E-state index is -0.645. The molecule has 0 aliphatic heterocycles. The Morgan fingerprint density at radius 3 is 2.16 bits per heavy atom. The molecular formula is C25H34ClIO4. The van der Waals surface area contributed by atoms with Gasteiger partial charge in [-0.3, -0.25) is 0 Å². The molecule has 0 aliphatic rings. The zero-order chi connectivity index (χ0) is 23.0. The predicted octanol–water partition coefficient (Wildman–Crippen LogP) is 6.04. The Balaban J connectivity index is 2.02. The van der Waals surface area contributed by atoms with Gasteiger partial charge in [0.05, 0.1) is 22.9 Å². The molecule has 0 heterocycles. The summed E-state index contributed by atoms with van der Waals surface area (Å²) in [4.78, 5) is 0. The molecular weight excluding hydrogens is 527 g/mol. The van der Waals surface area contributed by atoms with Crippen molar-refractivity contribution in [3.63, 3.8) is 0 Å². The van der Waals surface area contributed by atoms with Gasteiger partial charge in [0, 0.05) is 17.2 Å². The third-order valence-electron chi connectivity index (χ3n) is 5.08. The van der Waals surface area contributed by atoms with E-state index in [4.69, 9.17) is 25.8 Å². The van der Waals surface area contributed by atoms with Crippen LogP contribution in [-0.4, -0.2) is 43.0 Å². The first-order chi connectivity index (χ1) is 14.6. The van der Waals surface area contributed by atoms with Crippen LogP contribution in [0.5, 0.6) is 11.5 Å². The highest BCUT2D eigenvalue weighted by Crippen LogP contribution is 2.35. The lowest BCUT2D eigenvalue weighted by Crippen LogP contribution is -2.25. The number of halogens is 2. The molecule has 0 aromatic heterocycles. The fraction of sp³-hybridized carbons (Fsp3) is 0.520. The van der Waals surface area contributed by atoms with Gasteiger partial charge in [-0.15, -0.1) is 11.6 Å². The van der Waals surface area contributed by atoms with Crippen molar-refractivity contribution in [2.45, 2.75) is 52.2 Å². The summed E-state index contributed by atoms with van der Waals surface area (Å²) in [7, 11) is 0. The fourth-order valence-corrected chi connectivity index (χ4v) is 3.72. The van der Waals surface area contributed by atoms with Crippen molar-refractivity contribution < 1.29 is 19.3 Å². The first-order valence-corrected chi connectivity index (χ1v) is 12.3. The van der Waals surface area contributed by atoms with Gasteiger partial charge in [0.1, 0.15) is 24.2 Å². The van der Waals surface area contributed by atoms with Crippen LogP contribution < -0.4 is 9.47 Å². The molecule has 2 aromatic rings. The molecule has 6 heteroatoms. The Morgan fingerprint density at radius 2 is 1.58 bits per heavy atom. The second kappa shape index (κ2) is 12.3. The van der Waals surface area contributed by atoms with E-state index in [1.165, 1.54) is 11.1 Å². The number of alkyl halides is 1. The fourth-order valence-electron chi connectivity index (χ4n) is 2.96. The zero-order valence-electron chi connectivity index (χ0n) is 19.0. The third kappa shape index (κ3) is 8.12. The molecule has 0 spiro atoms. The van der Waals surface area contributed by atoms with Gasteiger partial charge in [-0.05, 0) is 71.8 Å². The van der Waals surface area contributed by atoms with Crippen LogP contribution in [0.2, 0.25) is 0 Å². The van der Waals surface area contributed by atoms with Gasteiger partial charge in [-0.2, -0.15) is 0 Å². The molecule has 1 N–H and O–H groups in total. The van der Waals surface area contributed by atoms with E-state index in [2.05, 4.69) is 67.6 Å². The van der Waals surface area contributed by atoms with E-state index in [1.807, 2.05) is 32.0 Å². The molecule has 2 rings (SSSR count). The summed E-state index contributed by atoms with van der Waals surface area (Å²) < 4.78 is 18.1. The minimum absolute atomic E-state index is 0.0917. The number of aliphatic hydroxyl groups excluding tert-OH is 1. The highest BCUT2D eigenvalue weighted by Gasteiger charge is 2.24. The summed E-state index contributed by atoms with van der Waals surface area (Å²) in [5.41, 5.74) is 2.22. The van der Waals surface area contributed by atoms with Gasteiger partial charge < -0.3 is 19.3 Å². The monoisotopic (exact) mass is 560 g/mol. The van der Waals surface area contributed by atoms with E-state index in [9.17, 15) is 5.11 Å². The molecule has 0 fully saturated rings. The highest BCUT2D eigenvalue weighted by molar-refractivity contribution is 14.1. The maximum absolute atomic E-state index is 9.96. The number of ether oxygens (including phenoxy) is 3. The second-order valence-electron chi connectivity index (χ2n) is 8.71. The van der Waals surface area contributed by atoms with Crippen molar-refractivity contribution in [2.75, 3.05) is 25.7 Å². The Labute approximate surface area is 205 Å². The third-order valence-corrected chi connectivity index (χ3v) is 6.45. The van der Waals surface area contributed by atoms with E-state index in [0.29, 0.717) is 18.4 Å². The second-order valence-corrected chi connectivity index (χ2v) is 10.2. The van der Waals surface area contributed by atoms with E-state index < -0.39 is 6.10 Å². The summed E-state index contributed by atoms with van der Waals surface area (Å²) >= 11 is 8.20. The molecule has 0 aliphatic carbocycles. The van der Waals surface area contributed by atoms with Crippen molar-refractivity contribution >= 4 is 34.2 Å². The van der Waals surface area contributed by atoms with Gasteiger partial charge in [-0.1, -0.05) is 39.0 Å². The molecule has 0 radical (unpaired) electrons. The van der Waals surface area contributed by atoms with Gasteiger partial charge in [0.2, 0.25) is 0 Å². The lowest BCUT2D eigenvalue weighted by Gasteiger charge is -2.27. The largest absolute Gasteiger partial charge is 0.492 e. The Kier molecular flexibility index (Phi) is 10.4. The van der Waals surface area contributed by atoms with Gasteiger partial charge >= 0.3 is 0 Å². The predicted molar refractivity (Wildman–Crippen MR) is 136 cm³/mol. The lowest BCUT2D eigenvalue weighted by atomic mass is 9.78. The average Bonchev–Trinajstić information content (AvgIpc) is 2.75. The van der Waals surface area contributed by atoms with Crippen molar-refractivity contribution in [3.8, 4) is 11.5 Å². The van der Waals surface area contributed by atoms with Crippen molar-refractivity contribution in [1.82, 2.24) is 0 Å². The molecule has 0 saturated heterocycles. The van der Waals surface area contributed by atoms with E-state index >= 15 is 0 Å². The van der Waals surface area contributed by atoms with Crippen molar-refractivity contribution in [2.24, 2.45) is 5.92 Å². The molecule has 2 atom stereocenters. The minimum Gasteiger partial charge on any atom is -0.492 e. The zero-order valence-corrected chi connectivity index (χ0v) is 21.9. The molecule has 4 nitrogen and oxygen atoms in total. The highest BCUT2D eigenvalue weighted by atomic mass is 127. The molecule has 31 heavy (non-hydrogen) atoms. The molecule has 0 unspecified atom stereocenters. The Morgan fingerprint density at radius 1 is 0.935 bits per heavy atom. The van der Waals surface area contributed by atoms with Crippen molar-refractivity contribution in [3.05, 3.63) is 57.2 Å². The molecule has 0 amide bonds. The number of hydrogen-bond acceptors (Lipinski definition) is 4. The van der Waals surface area contributed by atoms with Crippen LogP contribution in [-0.2, 0) is 10.2 Å².